The topological polar surface area (TPSA) is 173 Å². The van der Waals surface area contributed by atoms with Crippen molar-refractivity contribution in [2.75, 3.05) is 0 Å². The van der Waals surface area contributed by atoms with E-state index in [0.29, 0.717) is 39.8 Å². The average molecular weight is 728 g/mol. The van der Waals surface area contributed by atoms with Crippen LogP contribution in [0.3, 0.4) is 0 Å². The number of carboxylic acids is 3. The SMILES string of the molecule is CCCC(=O)N1Cc2cc(cc(C(=O)O)c2)CN(C(=O)CC(C)C)Cc2cc(cc(C(=O)O)c2)CN(C(=O)CC(C)C)Cc2cc(cc(C(=O)O)c2)C1. The first-order valence-electron chi connectivity index (χ1n) is 17.9. The Morgan fingerprint density at radius 1 is 0.472 bits per heavy atom. The number of carbonyl (C=O) groups is 6. The van der Waals surface area contributed by atoms with Crippen LogP contribution >= 0.6 is 0 Å². The van der Waals surface area contributed by atoms with Crippen molar-refractivity contribution in [3.63, 3.8) is 0 Å². The third-order valence-corrected chi connectivity index (χ3v) is 8.83. The van der Waals surface area contributed by atoms with Crippen LogP contribution in [-0.2, 0) is 53.7 Å². The first-order valence-corrected chi connectivity index (χ1v) is 17.9. The first kappa shape index (κ1) is 40.3. The smallest absolute Gasteiger partial charge is 0.335 e. The Bertz CT molecular complexity index is 1770. The van der Waals surface area contributed by atoms with E-state index in [1.807, 2.05) is 34.6 Å². The molecule has 0 fully saturated rings. The van der Waals surface area contributed by atoms with Crippen LogP contribution in [0.1, 0.15) is 125 Å². The van der Waals surface area contributed by atoms with Crippen LogP contribution in [0.5, 0.6) is 0 Å². The van der Waals surface area contributed by atoms with Gasteiger partial charge in [0.2, 0.25) is 17.7 Å². The van der Waals surface area contributed by atoms with E-state index in [1.54, 1.807) is 32.9 Å². The molecule has 0 radical (unpaired) electrons. The molecule has 3 N–H and O–H groups in total. The molecule has 3 amide bonds. The predicted molar refractivity (Wildman–Crippen MR) is 197 cm³/mol. The van der Waals surface area contributed by atoms with Crippen LogP contribution in [-0.4, -0.2) is 65.6 Å². The molecule has 53 heavy (non-hydrogen) atoms. The van der Waals surface area contributed by atoms with E-state index in [9.17, 15) is 44.1 Å². The minimum absolute atomic E-state index is 0.00907. The normalized spacial score (nSPS) is 13.8. The monoisotopic (exact) mass is 727 g/mol. The zero-order valence-corrected chi connectivity index (χ0v) is 31.1. The maximum atomic E-state index is 13.7. The Morgan fingerprint density at radius 3 is 0.925 bits per heavy atom. The summed E-state index contributed by atoms with van der Waals surface area (Å²) >= 11 is 0. The average Bonchev–Trinajstić information content (AvgIpc) is 3.06. The van der Waals surface area contributed by atoms with Gasteiger partial charge in [-0.3, -0.25) is 14.4 Å². The number of nitrogens with zero attached hydrogens (tertiary/aromatic N) is 3. The van der Waals surface area contributed by atoms with Crippen LogP contribution in [0.15, 0.2) is 54.6 Å². The van der Waals surface area contributed by atoms with Gasteiger partial charge in [0.1, 0.15) is 0 Å². The molecule has 6 bridgehead atoms. The van der Waals surface area contributed by atoms with E-state index < -0.39 is 17.9 Å². The number of carboxylic acid groups (broad SMARTS) is 3. The van der Waals surface area contributed by atoms with Crippen LogP contribution in [0.25, 0.3) is 0 Å². The minimum atomic E-state index is -1.19. The van der Waals surface area contributed by atoms with Gasteiger partial charge in [-0.15, -0.1) is 0 Å². The molecule has 0 saturated carbocycles. The van der Waals surface area contributed by atoms with Crippen LogP contribution in [0.2, 0.25) is 0 Å². The number of hydrogen-bond donors (Lipinski definition) is 3. The summed E-state index contributed by atoms with van der Waals surface area (Å²) in [6.45, 7) is 9.58. The third-order valence-electron chi connectivity index (χ3n) is 8.83. The van der Waals surface area contributed by atoms with Gasteiger partial charge in [0, 0.05) is 58.5 Å². The van der Waals surface area contributed by atoms with Crippen molar-refractivity contribution in [3.8, 4) is 0 Å². The van der Waals surface area contributed by atoms with Crippen LogP contribution in [0, 0.1) is 11.8 Å². The number of fused-ring (bicyclic) bond motifs is 6. The lowest BCUT2D eigenvalue weighted by Gasteiger charge is -2.28. The molecular weight excluding hydrogens is 678 g/mol. The van der Waals surface area contributed by atoms with Crippen LogP contribution in [0.4, 0.5) is 0 Å². The maximum absolute atomic E-state index is 13.7. The Balaban J connectivity index is 1.97. The van der Waals surface area contributed by atoms with Gasteiger partial charge in [-0.2, -0.15) is 0 Å². The number of rotatable bonds is 9. The number of carbonyl (C=O) groups excluding carboxylic acids is 3. The summed E-state index contributed by atoms with van der Waals surface area (Å²) in [6, 6.07) is 14.2. The lowest BCUT2D eigenvalue weighted by atomic mass is 10.00. The second kappa shape index (κ2) is 17.8. The second-order valence-electron chi connectivity index (χ2n) is 14.7. The molecule has 1 heterocycles. The molecule has 282 valence electrons. The maximum Gasteiger partial charge on any atom is 0.335 e. The van der Waals surface area contributed by atoms with Crippen molar-refractivity contribution in [1.29, 1.82) is 0 Å². The van der Waals surface area contributed by atoms with Gasteiger partial charge in [0.05, 0.1) is 16.7 Å². The highest BCUT2D eigenvalue weighted by Crippen LogP contribution is 2.24. The van der Waals surface area contributed by atoms with E-state index in [4.69, 9.17) is 0 Å². The Labute approximate surface area is 310 Å². The molecule has 4 rings (SSSR count). The van der Waals surface area contributed by atoms with Crippen molar-refractivity contribution in [2.45, 2.75) is 99.6 Å². The summed E-state index contributed by atoms with van der Waals surface area (Å²) in [5, 5.41) is 30.2. The molecule has 3 aromatic rings. The highest BCUT2D eigenvalue weighted by molar-refractivity contribution is 5.89. The largest absolute Gasteiger partial charge is 0.478 e. The summed E-state index contributed by atoms with van der Waals surface area (Å²) < 4.78 is 0. The molecule has 0 saturated heterocycles. The second-order valence-corrected chi connectivity index (χ2v) is 14.7. The van der Waals surface area contributed by atoms with Crippen molar-refractivity contribution in [3.05, 3.63) is 105 Å². The molecule has 12 heteroatoms. The van der Waals surface area contributed by atoms with Gasteiger partial charge in [-0.1, -0.05) is 52.8 Å². The molecule has 3 aromatic carbocycles. The Morgan fingerprint density at radius 2 is 0.717 bits per heavy atom. The zero-order valence-electron chi connectivity index (χ0n) is 31.1. The summed E-state index contributed by atoms with van der Waals surface area (Å²) in [5.41, 5.74) is 2.99. The fourth-order valence-corrected chi connectivity index (χ4v) is 6.55. The molecule has 0 atom stereocenters. The van der Waals surface area contributed by atoms with Crippen molar-refractivity contribution in [2.24, 2.45) is 11.8 Å². The van der Waals surface area contributed by atoms with E-state index in [0.717, 1.165) is 0 Å². The van der Waals surface area contributed by atoms with Gasteiger partial charge in [0.15, 0.2) is 0 Å². The summed E-state index contributed by atoms with van der Waals surface area (Å²) in [6.07, 6.45) is 1.16. The summed E-state index contributed by atoms with van der Waals surface area (Å²) in [4.78, 5) is 82.7. The highest BCUT2D eigenvalue weighted by Gasteiger charge is 2.24. The van der Waals surface area contributed by atoms with Gasteiger partial charge < -0.3 is 30.0 Å². The summed E-state index contributed by atoms with van der Waals surface area (Å²) in [7, 11) is 0. The molecular formula is C41H49N3O9. The molecule has 1 aliphatic heterocycles. The van der Waals surface area contributed by atoms with E-state index >= 15 is 0 Å². The number of benzene rings is 3. The number of amides is 3. The van der Waals surface area contributed by atoms with Crippen molar-refractivity contribution in [1.82, 2.24) is 14.7 Å². The van der Waals surface area contributed by atoms with Crippen LogP contribution < -0.4 is 0 Å². The van der Waals surface area contributed by atoms with Gasteiger partial charge >= 0.3 is 17.9 Å². The highest BCUT2D eigenvalue weighted by atomic mass is 16.4. The van der Waals surface area contributed by atoms with Gasteiger partial charge in [0.25, 0.3) is 0 Å². The fourth-order valence-electron chi connectivity index (χ4n) is 6.55. The van der Waals surface area contributed by atoms with Crippen molar-refractivity contribution < 1.29 is 44.1 Å². The molecule has 12 nitrogen and oxygen atoms in total. The minimum Gasteiger partial charge on any atom is -0.478 e. The molecule has 0 aromatic heterocycles. The lowest BCUT2D eigenvalue weighted by Crippen LogP contribution is -2.33. The summed E-state index contributed by atoms with van der Waals surface area (Å²) in [5.74, 6) is -4.16. The van der Waals surface area contributed by atoms with Gasteiger partial charge in [-0.25, -0.2) is 14.4 Å². The van der Waals surface area contributed by atoms with E-state index in [1.165, 1.54) is 36.4 Å². The molecule has 0 unspecified atom stereocenters. The fraction of sp³-hybridized carbons (Fsp3) is 0.415. The zero-order chi connectivity index (χ0) is 39.0. The van der Waals surface area contributed by atoms with Gasteiger partial charge in [-0.05, 0) is 88.0 Å². The number of aromatic carboxylic acids is 3. The Hall–Kier alpha value is -5.52. The molecule has 1 aliphatic rings. The molecule has 0 spiro atoms. The quantitative estimate of drug-likeness (QED) is 0.220. The Kier molecular flexibility index (Phi) is 13.5. The van der Waals surface area contributed by atoms with Crippen molar-refractivity contribution >= 4 is 35.6 Å². The molecule has 0 aliphatic carbocycles. The predicted octanol–water partition coefficient (Wildman–Crippen LogP) is 6.57. The van der Waals surface area contributed by atoms with E-state index in [-0.39, 0.29) is 105 Å². The lowest BCUT2D eigenvalue weighted by molar-refractivity contribution is -0.134. The number of hydrogen-bond acceptors (Lipinski definition) is 6. The first-order chi connectivity index (χ1) is 25.0. The standard InChI is InChI=1S/C41H49N3O9/c1-6-7-36(45)42-19-27-10-29(15-33(13-27)39(48)49)21-43(37(46)8-25(2)3)23-31-12-32(18-35(17-31)41(52)53)24-44(38(47)9-26(4)5)22-30-11-28(20-42)14-34(16-30)40(50)51/h10-18,25-26H,6-9,19-24H2,1-5H3,(H,48,49)(H,50,51)(H,52,53). The third kappa shape index (κ3) is 11.5. The van der Waals surface area contributed by atoms with E-state index in [2.05, 4.69) is 0 Å².